The molecule has 2 N–H and O–H groups in total. The third kappa shape index (κ3) is 3.87. The summed E-state index contributed by atoms with van der Waals surface area (Å²) >= 11 is 5.88. The van der Waals surface area contributed by atoms with Crippen molar-refractivity contribution in [3.63, 3.8) is 0 Å². The monoisotopic (exact) mass is 254 g/mol. The highest BCUT2D eigenvalue weighted by Crippen LogP contribution is 2.17. The van der Waals surface area contributed by atoms with Crippen molar-refractivity contribution in [1.82, 2.24) is 10.6 Å². The average molecular weight is 255 g/mol. The average Bonchev–Trinajstić information content (AvgIpc) is 2.72. The van der Waals surface area contributed by atoms with Gasteiger partial charge in [-0.3, -0.25) is 0 Å². The Bertz CT molecular complexity index is 364. The van der Waals surface area contributed by atoms with Crippen molar-refractivity contribution >= 4 is 11.6 Å². The lowest BCUT2D eigenvalue weighted by molar-refractivity contribution is 0.283. The molecule has 1 aromatic carbocycles. The van der Waals surface area contributed by atoms with Gasteiger partial charge in [0, 0.05) is 23.7 Å². The minimum atomic E-state index is 0.220. The van der Waals surface area contributed by atoms with Gasteiger partial charge in [0.05, 0.1) is 0 Å². The maximum atomic E-state index is 5.88. The number of nitrogens with one attached hydrogen (secondary N) is 2. The van der Waals surface area contributed by atoms with Crippen molar-refractivity contribution in [3.05, 3.63) is 29.3 Å². The van der Waals surface area contributed by atoms with E-state index in [4.69, 9.17) is 16.3 Å². The summed E-state index contributed by atoms with van der Waals surface area (Å²) in [5.74, 6) is 0.828. The molecule has 0 amide bonds. The van der Waals surface area contributed by atoms with E-state index in [0.717, 1.165) is 25.4 Å². The summed E-state index contributed by atoms with van der Waals surface area (Å²) in [4.78, 5) is 0. The Labute approximate surface area is 107 Å². The van der Waals surface area contributed by atoms with E-state index in [1.165, 1.54) is 6.42 Å². The summed E-state index contributed by atoms with van der Waals surface area (Å²) < 4.78 is 5.62. The lowest BCUT2D eigenvalue weighted by atomic mass is 10.0. The number of hydrogen-bond acceptors (Lipinski definition) is 3. The molecule has 0 radical (unpaired) electrons. The van der Waals surface area contributed by atoms with Crippen LogP contribution >= 0.6 is 11.6 Å². The summed E-state index contributed by atoms with van der Waals surface area (Å²) in [7, 11) is 0. The fourth-order valence-corrected chi connectivity index (χ4v) is 2.23. The molecule has 1 aliphatic rings. The van der Waals surface area contributed by atoms with Gasteiger partial charge in [0.25, 0.3) is 0 Å². The minimum Gasteiger partial charge on any atom is -0.492 e. The maximum Gasteiger partial charge on any atom is 0.120 e. The van der Waals surface area contributed by atoms with Crippen molar-refractivity contribution < 1.29 is 4.74 Å². The molecule has 0 aliphatic carbocycles. The number of halogens is 1. The van der Waals surface area contributed by atoms with E-state index in [9.17, 15) is 0 Å². The second kappa shape index (κ2) is 5.71. The highest BCUT2D eigenvalue weighted by Gasteiger charge is 2.27. The van der Waals surface area contributed by atoms with Crippen LogP contribution in [0.15, 0.2) is 24.3 Å². The highest BCUT2D eigenvalue weighted by molar-refractivity contribution is 6.30. The molecule has 0 aromatic heterocycles. The van der Waals surface area contributed by atoms with E-state index in [-0.39, 0.29) is 5.54 Å². The number of rotatable bonds is 5. The maximum absolute atomic E-state index is 5.88. The van der Waals surface area contributed by atoms with Crippen LogP contribution in [0.3, 0.4) is 0 Å². The lowest BCUT2D eigenvalue weighted by Crippen LogP contribution is -2.45. The zero-order valence-electron chi connectivity index (χ0n) is 10.1. The van der Waals surface area contributed by atoms with E-state index in [1.54, 1.807) is 0 Å². The van der Waals surface area contributed by atoms with Crippen LogP contribution in [0.4, 0.5) is 0 Å². The Morgan fingerprint density at radius 2 is 2.41 bits per heavy atom. The molecule has 0 spiro atoms. The lowest BCUT2D eigenvalue weighted by Gasteiger charge is -2.24. The highest BCUT2D eigenvalue weighted by atomic mass is 35.5. The molecule has 1 fully saturated rings. The summed E-state index contributed by atoms with van der Waals surface area (Å²) in [5, 5.41) is 7.59. The van der Waals surface area contributed by atoms with Crippen LogP contribution in [0.5, 0.6) is 5.75 Å². The van der Waals surface area contributed by atoms with E-state index in [1.807, 2.05) is 24.3 Å². The molecule has 0 bridgehead atoms. The van der Waals surface area contributed by atoms with E-state index < -0.39 is 0 Å². The molecule has 1 atom stereocenters. The van der Waals surface area contributed by atoms with Crippen LogP contribution in [-0.2, 0) is 0 Å². The Kier molecular flexibility index (Phi) is 4.26. The first kappa shape index (κ1) is 12.7. The summed E-state index contributed by atoms with van der Waals surface area (Å²) in [6.07, 6.45) is 1.17. The first-order chi connectivity index (χ1) is 8.18. The molecule has 1 unspecified atom stereocenters. The molecular weight excluding hydrogens is 236 g/mol. The Balaban J connectivity index is 1.69. The van der Waals surface area contributed by atoms with Gasteiger partial charge in [0.2, 0.25) is 0 Å². The normalized spacial score (nSPS) is 23.9. The van der Waals surface area contributed by atoms with Gasteiger partial charge in [-0.25, -0.2) is 0 Å². The molecule has 94 valence electrons. The summed E-state index contributed by atoms with van der Waals surface area (Å²) in [5.41, 5.74) is 0.220. The van der Waals surface area contributed by atoms with Crippen LogP contribution < -0.4 is 15.4 Å². The number of hydrogen-bond donors (Lipinski definition) is 2. The van der Waals surface area contributed by atoms with Crippen LogP contribution in [0, 0.1) is 0 Å². The minimum absolute atomic E-state index is 0.220. The van der Waals surface area contributed by atoms with Crippen molar-refractivity contribution in [2.75, 3.05) is 26.2 Å². The van der Waals surface area contributed by atoms with Gasteiger partial charge in [0.1, 0.15) is 12.4 Å². The third-order valence-electron chi connectivity index (χ3n) is 3.09. The Morgan fingerprint density at radius 3 is 3.12 bits per heavy atom. The van der Waals surface area contributed by atoms with E-state index in [0.29, 0.717) is 11.6 Å². The van der Waals surface area contributed by atoms with Gasteiger partial charge in [0.15, 0.2) is 0 Å². The molecule has 1 aliphatic heterocycles. The molecular formula is C13H19ClN2O. The molecule has 1 aromatic rings. The molecule has 3 nitrogen and oxygen atoms in total. The van der Waals surface area contributed by atoms with Gasteiger partial charge in [-0.05, 0) is 38.1 Å². The smallest absolute Gasteiger partial charge is 0.120 e. The topological polar surface area (TPSA) is 33.3 Å². The quantitative estimate of drug-likeness (QED) is 0.790. The van der Waals surface area contributed by atoms with Crippen molar-refractivity contribution in [3.8, 4) is 5.75 Å². The summed E-state index contributed by atoms with van der Waals surface area (Å²) in [6.45, 7) is 5.88. The Morgan fingerprint density at radius 1 is 1.53 bits per heavy atom. The van der Waals surface area contributed by atoms with Crippen LogP contribution in [0.25, 0.3) is 0 Å². The van der Waals surface area contributed by atoms with Gasteiger partial charge in [-0.1, -0.05) is 17.7 Å². The largest absolute Gasteiger partial charge is 0.492 e. The van der Waals surface area contributed by atoms with Crippen molar-refractivity contribution in [1.29, 1.82) is 0 Å². The van der Waals surface area contributed by atoms with E-state index >= 15 is 0 Å². The molecule has 1 saturated heterocycles. The second-order valence-electron chi connectivity index (χ2n) is 4.72. The van der Waals surface area contributed by atoms with Crippen molar-refractivity contribution in [2.24, 2.45) is 0 Å². The van der Waals surface area contributed by atoms with E-state index in [2.05, 4.69) is 17.6 Å². The number of ether oxygens (including phenoxy) is 1. The standard InChI is InChI=1S/C13H19ClN2O/c1-13(5-6-15-10-13)16-7-8-17-12-4-2-3-11(14)9-12/h2-4,9,15-16H,5-8,10H2,1H3. The van der Waals surface area contributed by atoms with Crippen LogP contribution in [-0.4, -0.2) is 31.8 Å². The zero-order valence-corrected chi connectivity index (χ0v) is 10.9. The molecule has 1 heterocycles. The SMILES string of the molecule is CC1(NCCOc2cccc(Cl)c2)CCNC1. The van der Waals surface area contributed by atoms with Crippen LogP contribution in [0.2, 0.25) is 5.02 Å². The van der Waals surface area contributed by atoms with Crippen molar-refractivity contribution in [2.45, 2.75) is 18.9 Å². The van der Waals surface area contributed by atoms with Gasteiger partial charge in [-0.2, -0.15) is 0 Å². The fraction of sp³-hybridized carbons (Fsp3) is 0.538. The predicted octanol–water partition coefficient (Wildman–Crippen LogP) is 2.06. The van der Waals surface area contributed by atoms with Crippen LogP contribution in [0.1, 0.15) is 13.3 Å². The third-order valence-corrected chi connectivity index (χ3v) is 3.32. The zero-order chi connectivity index (χ0) is 12.1. The first-order valence-electron chi connectivity index (χ1n) is 6.02. The van der Waals surface area contributed by atoms with Gasteiger partial charge in [-0.15, -0.1) is 0 Å². The van der Waals surface area contributed by atoms with Gasteiger partial charge >= 0.3 is 0 Å². The first-order valence-corrected chi connectivity index (χ1v) is 6.40. The molecule has 4 heteroatoms. The molecule has 2 rings (SSSR count). The fourth-order valence-electron chi connectivity index (χ4n) is 2.05. The molecule has 0 saturated carbocycles. The second-order valence-corrected chi connectivity index (χ2v) is 5.16. The summed E-state index contributed by atoms with van der Waals surface area (Å²) in [6, 6.07) is 7.50. The Hall–Kier alpha value is -0.770. The predicted molar refractivity (Wildman–Crippen MR) is 70.8 cm³/mol. The van der Waals surface area contributed by atoms with Gasteiger partial charge < -0.3 is 15.4 Å². The molecule has 17 heavy (non-hydrogen) atoms. The number of benzene rings is 1.